The summed E-state index contributed by atoms with van der Waals surface area (Å²) in [6.07, 6.45) is 0.0828. The van der Waals surface area contributed by atoms with Gasteiger partial charge in [-0.25, -0.2) is 4.99 Å². The first-order chi connectivity index (χ1) is 11.8. The summed E-state index contributed by atoms with van der Waals surface area (Å²) in [7, 11) is 1.73. The second-order valence-electron chi connectivity index (χ2n) is 7.05. The van der Waals surface area contributed by atoms with Crippen LogP contribution in [-0.4, -0.2) is 38.2 Å². The predicted molar refractivity (Wildman–Crippen MR) is 119 cm³/mol. The zero-order valence-electron chi connectivity index (χ0n) is 16.7. The van der Waals surface area contributed by atoms with E-state index in [1.807, 2.05) is 31.2 Å². The molecular formula is C19H33IN4O2. The van der Waals surface area contributed by atoms with Gasteiger partial charge in [0.05, 0.1) is 12.6 Å². The number of aliphatic imine (C=N–C) groups is 1. The van der Waals surface area contributed by atoms with E-state index in [4.69, 9.17) is 4.74 Å². The summed E-state index contributed by atoms with van der Waals surface area (Å²) in [5.41, 5.74) is 1.86. The summed E-state index contributed by atoms with van der Waals surface area (Å²) in [6, 6.07) is 7.70. The molecule has 3 N–H and O–H groups in total. The molecule has 6 nitrogen and oxygen atoms in total. The van der Waals surface area contributed by atoms with Crippen LogP contribution >= 0.6 is 24.0 Å². The highest BCUT2D eigenvalue weighted by molar-refractivity contribution is 14.0. The highest BCUT2D eigenvalue weighted by Gasteiger charge is 2.24. The largest absolute Gasteiger partial charge is 0.379 e. The normalized spacial score (nSPS) is 12.8. The molecule has 0 aliphatic rings. The molecule has 0 aliphatic carbocycles. The van der Waals surface area contributed by atoms with E-state index in [2.05, 4.69) is 41.7 Å². The third-order valence-electron chi connectivity index (χ3n) is 3.72. The number of guanidine groups is 1. The first-order valence-electron chi connectivity index (χ1n) is 8.67. The van der Waals surface area contributed by atoms with Crippen molar-refractivity contribution in [3.63, 3.8) is 0 Å². The fourth-order valence-electron chi connectivity index (χ4n) is 2.40. The molecule has 26 heavy (non-hydrogen) atoms. The van der Waals surface area contributed by atoms with Gasteiger partial charge >= 0.3 is 0 Å². The van der Waals surface area contributed by atoms with Crippen molar-refractivity contribution in [1.29, 1.82) is 0 Å². The van der Waals surface area contributed by atoms with Crippen LogP contribution in [0.1, 0.15) is 40.2 Å². The number of hydrogen-bond donors (Lipinski definition) is 3. The molecule has 148 valence electrons. The van der Waals surface area contributed by atoms with Crippen LogP contribution in [0.5, 0.6) is 0 Å². The number of nitrogens with one attached hydrogen (secondary N) is 3. The van der Waals surface area contributed by atoms with Gasteiger partial charge in [0.1, 0.15) is 0 Å². The van der Waals surface area contributed by atoms with Gasteiger partial charge in [-0.2, -0.15) is 0 Å². The Bertz CT molecular complexity index is 585. The smallest absolute Gasteiger partial charge is 0.221 e. The molecule has 0 bridgehead atoms. The van der Waals surface area contributed by atoms with E-state index in [1.54, 1.807) is 7.11 Å². The predicted octanol–water partition coefficient (Wildman–Crippen LogP) is 3.38. The Kier molecular flexibility index (Phi) is 11.5. The second-order valence-corrected chi connectivity index (χ2v) is 7.05. The van der Waals surface area contributed by atoms with Gasteiger partial charge in [-0.05, 0) is 30.0 Å². The molecule has 1 aromatic carbocycles. The van der Waals surface area contributed by atoms with Crippen LogP contribution in [0.2, 0.25) is 0 Å². The number of hydrogen-bond acceptors (Lipinski definition) is 3. The molecule has 1 aromatic rings. The Hall–Kier alpha value is -1.35. The van der Waals surface area contributed by atoms with Crippen LogP contribution in [0.4, 0.5) is 5.69 Å². The maximum atomic E-state index is 11.2. The molecule has 0 radical (unpaired) electrons. The lowest BCUT2D eigenvalue weighted by Crippen LogP contribution is -2.45. The Morgan fingerprint density at radius 1 is 1.27 bits per heavy atom. The lowest BCUT2D eigenvalue weighted by Gasteiger charge is -2.30. The fraction of sp³-hybridized carbons (Fsp3) is 0.579. The molecule has 0 aromatic heterocycles. The number of carbonyl (C=O) groups excluding carboxylic acids is 1. The van der Waals surface area contributed by atoms with E-state index in [1.165, 1.54) is 6.92 Å². The van der Waals surface area contributed by atoms with Crippen molar-refractivity contribution < 1.29 is 9.53 Å². The van der Waals surface area contributed by atoms with Crippen molar-refractivity contribution in [2.24, 2.45) is 10.4 Å². The maximum Gasteiger partial charge on any atom is 0.221 e. The first-order valence-corrected chi connectivity index (χ1v) is 8.67. The van der Waals surface area contributed by atoms with Crippen LogP contribution in [0.25, 0.3) is 0 Å². The molecule has 1 atom stereocenters. The van der Waals surface area contributed by atoms with Crippen molar-refractivity contribution >= 4 is 41.5 Å². The molecule has 0 saturated carbocycles. The Morgan fingerprint density at radius 3 is 2.50 bits per heavy atom. The summed E-state index contributed by atoms with van der Waals surface area (Å²) >= 11 is 0. The van der Waals surface area contributed by atoms with E-state index < -0.39 is 0 Å². The molecule has 1 unspecified atom stereocenters. The van der Waals surface area contributed by atoms with Gasteiger partial charge in [0.15, 0.2) is 5.96 Å². The zero-order chi connectivity index (χ0) is 18.9. The molecule has 0 saturated heterocycles. The minimum atomic E-state index is -0.0801. The van der Waals surface area contributed by atoms with E-state index in [-0.39, 0.29) is 41.4 Å². The van der Waals surface area contributed by atoms with E-state index >= 15 is 0 Å². The highest BCUT2D eigenvalue weighted by Crippen LogP contribution is 2.20. The van der Waals surface area contributed by atoms with Gasteiger partial charge < -0.3 is 20.7 Å². The second kappa shape index (κ2) is 12.1. The average molecular weight is 476 g/mol. The maximum absolute atomic E-state index is 11.2. The van der Waals surface area contributed by atoms with Gasteiger partial charge in [-0.15, -0.1) is 24.0 Å². The number of nitrogens with zero attached hydrogens (tertiary/aromatic N) is 1. The van der Waals surface area contributed by atoms with Crippen LogP contribution in [0, 0.1) is 5.41 Å². The van der Waals surface area contributed by atoms with Crippen molar-refractivity contribution in [3.05, 3.63) is 29.8 Å². The topological polar surface area (TPSA) is 74.8 Å². The molecule has 1 amide bonds. The quantitative estimate of drug-likeness (QED) is 0.321. The van der Waals surface area contributed by atoms with Crippen LogP contribution in [0.15, 0.2) is 29.3 Å². The number of anilines is 1. The van der Waals surface area contributed by atoms with E-state index in [0.717, 1.165) is 23.8 Å². The van der Waals surface area contributed by atoms with Gasteiger partial charge in [0, 0.05) is 32.8 Å². The third-order valence-corrected chi connectivity index (χ3v) is 3.72. The summed E-state index contributed by atoms with van der Waals surface area (Å²) in [6.45, 7) is 12.0. The molecular weight excluding hydrogens is 443 g/mol. The number of rotatable bonds is 7. The van der Waals surface area contributed by atoms with Crippen molar-refractivity contribution in [2.75, 3.05) is 25.5 Å². The molecule has 0 aliphatic heterocycles. The number of benzene rings is 1. The first kappa shape index (κ1) is 24.7. The third kappa shape index (κ3) is 9.38. The zero-order valence-corrected chi connectivity index (χ0v) is 19.0. The molecule has 0 fully saturated rings. The Labute approximate surface area is 174 Å². The summed E-state index contributed by atoms with van der Waals surface area (Å²) in [5, 5.41) is 9.37. The molecule has 0 heterocycles. The van der Waals surface area contributed by atoms with Crippen molar-refractivity contribution in [1.82, 2.24) is 10.6 Å². The summed E-state index contributed by atoms with van der Waals surface area (Å²) < 4.78 is 5.57. The lowest BCUT2D eigenvalue weighted by molar-refractivity contribution is -0.114. The lowest BCUT2D eigenvalue weighted by atomic mass is 9.89. The highest BCUT2D eigenvalue weighted by atomic mass is 127. The van der Waals surface area contributed by atoms with E-state index in [0.29, 0.717) is 13.1 Å². The van der Waals surface area contributed by atoms with Crippen molar-refractivity contribution in [2.45, 2.75) is 47.3 Å². The Balaban J connectivity index is 0.00000625. The number of ether oxygens (including phenoxy) is 1. The number of methoxy groups -OCH3 is 1. The number of halogens is 1. The fourth-order valence-corrected chi connectivity index (χ4v) is 2.40. The Morgan fingerprint density at radius 2 is 1.96 bits per heavy atom. The summed E-state index contributed by atoms with van der Waals surface area (Å²) in [4.78, 5) is 15.8. The standard InChI is InChI=1S/C19H32N4O2.HI/c1-7-20-18(22-13-17(25-6)19(3,4)5)21-12-15-9-8-10-16(11-15)23-14(2)24;/h8-11,17H,7,12-13H2,1-6H3,(H,23,24)(H2,20,21,22);1H. The van der Waals surface area contributed by atoms with Crippen LogP contribution in [-0.2, 0) is 16.1 Å². The monoisotopic (exact) mass is 476 g/mol. The summed E-state index contributed by atoms with van der Waals surface area (Å²) in [5.74, 6) is 0.669. The molecule has 7 heteroatoms. The average Bonchev–Trinajstić information content (AvgIpc) is 2.51. The molecule has 1 rings (SSSR count). The van der Waals surface area contributed by atoms with Gasteiger partial charge in [-0.3, -0.25) is 4.79 Å². The van der Waals surface area contributed by atoms with E-state index in [9.17, 15) is 4.79 Å². The van der Waals surface area contributed by atoms with Crippen molar-refractivity contribution in [3.8, 4) is 0 Å². The number of amides is 1. The van der Waals surface area contributed by atoms with Gasteiger partial charge in [0.25, 0.3) is 0 Å². The SMILES string of the molecule is CCNC(=NCc1cccc(NC(C)=O)c1)NCC(OC)C(C)(C)C.I. The minimum Gasteiger partial charge on any atom is -0.379 e. The van der Waals surface area contributed by atoms with Gasteiger partial charge in [-0.1, -0.05) is 32.9 Å². The minimum absolute atomic E-state index is 0. The number of carbonyl (C=O) groups is 1. The van der Waals surface area contributed by atoms with Gasteiger partial charge in [0.2, 0.25) is 5.91 Å². The molecule has 0 spiro atoms. The van der Waals surface area contributed by atoms with Crippen LogP contribution < -0.4 is 16.0 Å². The van der Waals surface area contributed by atoms with Crippen LogP contribution in [0.3, 0.4) is 0 Å².